The van der Waals surface area contributed by atoms with Gasteiger partial charge in [-0.05, 0) is 55.0 Å². The summed E-state index contributed by atoms with van der Waals surface area (Å²) in [5.41, 5.74) is 0.429. The number of nitrogens with zero attached hydrogens (tertiary/aromatic N) is 2. The van der Waals surface area contributed by atoms with Gasteiger partial charge in [0.1, 0.15) is 11.0 Å². The smallest absolute Gasteiger partial charge is 0.259 e. The van der Waals surface area contributed by atoms with Crippen LogP contribution in [0.4, 0.5) is 0 Å². The van der Waals surface area contributed by atoms with E-state index in [9.17, 15) is 18.5 Å². The molecule has 0 unspecified atom stereocenters. The predicted octanol–water partition coefficient (Wildman–Crippen LogP) is 3.54. The lowest BCUT2D eigenvalue weighted by molar-refractivity contribution is -0.130. The van der Waals surface area contributed by atoms with Crippen molar-refractivity contribution in [3.05, 3.63) is 58.0 Å². The van der Waals surface area contributed by atoms with Gasteiger partial charge in [0.25, 0.3) is 5.91 Å². The van der Waals surface area contributed by atoms with E-state index in [1.165, 1.54) is 35.2 Å². The van der Waals surface area contributed by atoms with Gasteiger partial charge in [-0.15, -0.1) is 0 Å². The lowest BCUT2D eigenvalue weighted by atomic mass is 10.2. The van der Waals surface area contributed by atoms with E-state index in [4.69, 9.17) is 21.1 Å². The number of hydrogen-bond acceptors (Lipinski definition) is 6. The second-order valence-corrected chi connectivity index (χ2v) is 8.65. The van der Waals surface area contributed by atoms with Gasteiger partial charge in [0, 0.05) is 19.1 Å². The van der Waals surface area contributed by atoms with Gasteiger partial charge >= 0.3 is 0 Å². The van der Waals surface area contributed by atoms with Crippen molar-refractivity contribution >= 4 is 33.4 Å². The Bertz CT molecular complexity index is 1090. The first-order valence-electron chi connectivity index (χ1n) is 8.91. The monoisotopic (exact) mass is 448 g/mol. The fourth-order valence-electron chi connectivity index (χ4n) is 2.33. The maximum absolute atomic E-state index is 12.8. The lowest BCUT2D eigenvalue weighted by Crippen LogP contribution is -2.27. The number of likely N-dealkylation sites (N-methyl/N-ethyl adjacent to an activating group) is 1. The van der Waals surface area contributed by atoms with Crippen LogP contribution in [0.3, 0.4) is 0 Å². The summed E-state index contributed by atoms with van der Waals surface area (Å²) >= 11 is 5.81. The van der Waals surface area contributed by atoms with Gasteiger partial charge < -0.3 is 14.4 Å². The fraction of sp³-hybridized carbons (Fsp3) is 0.238. The highest BCUT2D eigenvalue weighted by Crippen LogP contribution is 2.30. The van der Waals surface area contributed by atoms with E-state index in [-0.39, 0.29) is 17.4 Å². The maximum Gasteiger partial charge on any atom is 0.259 e. The van der Waals surface area contributed by atoms with E-state index in [1.54, 1.807) is 45.3 Å². The van der Waals surface area contributed by atoms with Crippen molar-refractivity contribution in [2.75, 3.05) is 27.3 Å². The van der Waals surface area contributed by atoms with Crippen molar-refractivity contribution in [2.45, 2.75) is 11.8 Å². The highest BCUT2D eigenvalue weighted by molar-refractivity contribution is 7.95. The fourth-order valence-corrected chi connectivity index (χ4v) is 3.62. The van der Waals surface area contributed by atoms with Gasteiger partial charge in [-0.25, -0.2) is 8.42 Å². The second kappa shape index (κ2) is 10.1. The Morgan fingerprint density at radius 1 is 1.13 bits per heavy atom. The Morgan fingerprint density at radius 2 is 1.80 bits per heavy atom. The molecule has 2 rings (SSSR count). The Labute approximate surface area is 181 Å². The highest BCUT2D eigenvalue weighted by atomic mass is 35.5. The molecule has 0 N–H and O–H groups in total. The number of halogens is 1. The van der Waals surface area contributed by atoms with Crippen LogP contribution in [0.1, 0.15) is 12.5 Å². The van der Waals surface area contributed by atoms with Crippen LogP contribution in [0.15, 0.2) is 52.3 Å². The first-order chi connectivity index (χ1) is 14.2. The summed E-state index contributed by atoms with van der Waals surface area (Å²) in [7, 11) is -0.776. The molecule has 2 aromatic rings. The second-order valence-electron chi connectivity index (χ2n) is 6.29. The van der Waals surface area contributed by atoms with Crippen LogP contribution in [0.2, 0.25) is 5.02 Å². The Balaban J connectivity index is 2.38. The number of sulfone groups is 1. The third-order valence-corrected chi connectivity index (χ3v) is 5.87. The molecule has 158 valence electrons. The molecular formula is C21H21ClN2O5S. The lowest BCUT2D eigenvalue weighted by Gasteiger charge is -2.14. The first kappa shape index (κ1) is 23.3. The molecule has 0 fully saturated rings. The molecule has 0 aliphatic carbocycles. The summed E-state index contributed by atoms with van der Waals surface area (Å²) in [6, 6.07) is 12.0. The molecule has 0 spiro atoms. The molecule has 0 saturated carbocycles. The third-order valence-electron chi connectivity index (χ3n) is 3.94. The Kier molecular flexibility index (Phi) is 7.86. The zero-order valence-electron chi connectivity index (χ0n) is 16.8. The summed E-state index contributed by atoms with van der Waals surface area (Å²) < 4.78 is 36.6. The Hall–Kier alpha value is -3.02. The molecule has 0 heterocycles. The van der Waals surface area contributed by atoms with Crippen LogP contribution >= 0.6 is 11.6 Å². The molecule has 0 aromatic heterocycles. The van der Waals surface area contributed by atoms with Gasteiger partial charge in [-0.1, -0.05) is 17.7 Å². The van der Waals surface area contributed by atoms with Crippen molar-refractivity contribution < 1.29 is 22.7 Å². The summed E-state index contributed by atoms with van der Waals surface area (Å²) in [6.45, 7) is 1.94. The molecule has 2 aromatic carbocycles. The van der Waals surface area contributed by atoms with Crippen LogP contribution in [0.5, 0.6) is 11.5 Å². The molecule has 1 amide bonds. The van der Waals surface area contributed by atoms with Crippen molar-refractivity contribution in [2.24, 2.45) is 0 Å². The minimum atomic E-state index is -4.01. The number of rotatable bonds is 8. The zero-order chi connectivity index (χ0) is 22.3. The first-order valence-corrected chi connectivity index (χ1v) is 10.8. The van der Waals surface area contributed by atoms with Crippen molar-refractivity contribution in [3.8, 4) is 17.6 Å². The van der Waals surface area contributed by atoms with Gasteiger partial charge in [-0.3, -0.25) is 4.79 Å². The molecule has 30 heavy (non-hydrogen) atoms. The average molecular weight is 449 g/mol. The van der Waals surface area contributed by atoms with Gasteiger partial charge in [0.2, 0.25) is 9.84 Å². The largest absolute Gasteiger partial charge is 0.490 e. The molecule has 9 heteroatoms. The average Bonchev–Trinajstić information content (AvgIpc) is 2.71. The minimum Gasteiger partial charge on any atom is -0.490 e. The Morgan fingerprint density at radius 3 is 2.37 bits per heavy atom. The summed E-state index contributed by atoms with van der Waals surface area (Å²) in [6.07, 6.45) is 1.25. The number of carbonyl (C=O) groups is 1. The van der Waals surface area contributed by atoms with Crippen molar-refractivity contribution in [3.63, 3.8) is 0 Å². The van der Waals surface area contributed by atoms with Crippen LogP contribution in [0, 0.1) is 11.3 Å². The van der Waals surface area contributed by atoms with E-state index >= 15 is 0 Å². The normalized spacial score (nSPS) is 11.5. The molecular weight excluding hydrogens is 428 g/mol. The molecule has 0 radical (unpaired) electrons. The number of hydrogen-bond donors (Lipinski definition) is 0. The van der Waals surface area contributed by atoms with E-state index in [1.807, 2.05) is 0 Å². The highest BCUT2D eigenvalue weighted by Gasteiger charge is 2.21. The molecule has 0 aliphatic rings. The zero-order valence-corrected chi connectivity index (χ0v) is 18.3. The van der Waals surface area contributed by atoms with E-state index < -0.39 is 14.7 Å². The molecule has 0 bridgehead atoms. The standard InChI is InChI=1S/C21H21ClN2O5S/c1-4-28-20-12-15(5-10-19(20)29-14-21(25)24(2)3)11-18(13-23)30(26,27)17-8-6-16(22)7-9-17/h5-12H,4,14H2,1-3H3/b18-11+. The number of carbonyl (C=O) groups excluding carboxylic acids is 1. The van der Waals surface area contributed by atoms with Crippen LogP contribution in [-0.4, -0.2) is 46.5 Å². The van der Waals surface area contributed by atoms with Gasteiger partial charge in [-0.2, -0.15) is 5.26 Å². The quantitative estimate of drug-likeness (QED) is 0.573. The van der Waals surface area contributed by atoms with Crippen LogP contribution in [0.25, 0.3) is 6.08 Å². The van der Waals surface area contributed by atoms with E-state index in [0.29, 0.717) is 28.7 Å². The van der Waals surface area contributed by atoms with Crippen LogP contribution in [-0.2, 0) is 14.6 Å². The molecule has 0 atom stereocenters. The van der Waals surface area contributed by atoms with Crippen LogP contribution < -0.4 is 9.47 Å². The molecule has 7 nitrogen and oxygen atoms in total. The number of amides is 1. The number of ether oxygens (including phenoxy) is 2. The number of allylic oxidation sites excluding steroid dienone is 1. The van der Waals surface area contributed by atoms with E-state index in [0.717, 1.165) is 0 Å². The molecule has 0 saturated heterocycles. The number of benzene rings is 2. The molecule has 0 aliphatic heterocycles. The van der Waals surface area contributed by atoms with E-state index in [2.05, 4.69) is 0 Å². The third kappa shape index (κ3) is 5.75. The van der Waals surface area contributed by atoms with Crippen molar-refractivity contribution in [1.29, 1.82) is 5.26 Å². The summed E-state index contributed by atoms with van der Waals surface area (Å²) in [4.78, 5) is 12.7. The van der Waals surface area contributed by atoms with Gasteiger partial charge in [0.05, 0.1) is 11.5 Å². The summed E-state index contributed by atoms with van der Waals surface area (Å²) in [5.74, 6) is 0.449. The minimum absolute atomic E-state index is 0.0353. The van der Waals surface area contributed by atoms with Gasteiger partial charge in [0.15, 0.2) is 18.1 Å². The predicted molar refractivity (Wildman–Crippen MR) is 114 cm³/mol. The maximum atomic E-state index is 12.8. The number of nitriles is 1. The van der Waals surface area contributed by atoms with Crippen molar-refractivity contribution in [1.82, 2.24) is 4.90 Å². The summed E-state index contributed by atoms with van der Waals surface area (Å²) in [5, 5.41) is 9.83. The SMILES string of the molecule is CCOc1cc(/C=C(\C#N)S(=O)(=O)c2ccc(Cl)cc2)ccc1OCC(=O)N(C)C. The topological polar surface area (TPSA) is 96.7 Å².